The quantitative estimate of drug-likeness (QED) is 0.726. The number of methoxy groups -OCH3 is 1. The summed E-state index contributed by atoms with van der Waals surface area (Å²) in [6, 6.07) is 5.85. The van der Waals surface area contributed by atoms with Crippen molar-refractivity contribution in [1.29, 1.82) is 0 Å². The van der Waals surface area contributed by atoms with Crippen LogP contribution in [-0.4, -0.2) is 18.5 Å². The van der Waals surface area contributed by atoms with Crippen LogP contribution in [0.5, 0.6) is 0 Å². The van der Waals surface area contributed by atoms with E-state index in [0.29, 0.717) is 12.8 Å². The van der Waals surface area contributed by atoms with E-state index in [9.17, 15) is 4.79 Å². The monoisotopic (exact) mass is 234 g/mol. The van der Waals surface area contributed by atoms with Gasteiger partial charge >= 0.3 is 0 Å². The molecule has 0 N–H and O–H groups in total. The fourth-order valence-electron chi connectivity index (χ4n) is 2.19. The van der Waals surface area contributed by atoms with Gasteiger partial charge in [0, 0.05) is 12.7 Å². The van der Waals surface area contributed by atoms with E-state index < -0.39 is 5.60 Å². The zero-order valence-electron chi connectivity index (χ0n) is 11.5. The minimum absolute atomic E-state index is 0.103. The second-order valence-electron chi connectivity index (χ2n) is 4.48. The van der Waals surface area contributed by atoms with E-state index in [1.807, 2.05) is 45.9 Å². The first-order valence-corrected chi connectivity index (χ1v) is 6.18. The van der Waals surface area contributed by atoms with Gasteiger partial charge in [-0.25, -0.2) is 0 Å². The highest BCUT2D eigenvalue weighted by Crippen LogP contribution is 2.27. The first-order valence-electron chi connectivity index (χ1n) is 6.18. The summed E-state index contributed by atoms with van der Waals surface area (Å²) in [7, 11) is 1.62. The molecule has 0 unspecified atom stereocenters. The van der Waals surface area contributed by atoms with Gasteiger partial charge in [-0.3, -0.25) is 4.79 Å². The largest absolute Gasteiger partial charge is 0.370 e. The number of benzene rings is 1. The lowest BCUT2D eigenvalue weighted by molar-refractivity contribution is -0.00267. The molecule has 1 aromatic carbocycles. The van der Waals surface area contributed by atoms with Crippen LogP contribution < -0.4 is 0 Å². The Morgan fingerprint density at radius 3 is 2.29 bits per heavy atom. The van der Waals surface area contributed by atoms with E-state index in [-0.39, 0.29) is 5.78 Å². The predicted molar refractivity (Wildman–Crippen MR) is 70.6 cm³/mol. The molecule has 0 radical (unpaired) electrons. The van der Waals surface area contributed by atoms with Crippen molar-refractivity contribution in [3.63, 3.8) is 0 Å². The second-order valence-corrected chi connectivity index (χ2v) is 4.48. The highest BCUT2D eigenvalue weighted by Gasteiger charge is 2.36. The molecule has 0 bridgehead atoms. The topological polar surface area (TPSA) is 26.3 Å². The zero-order chi connectivity index (χ0) is 13.1. The molecule has 0 atom stereocenters. The van der Waals surface area contributed by atoms with E-state index >= 15 is 0 Å². The van der Waals surface area contributed by atoms with Crippen LogP contribution in [0.3, 0.4) is 0 Å². The number of ketones is 1. The van der Waals surface area contributed by atoms with Gasteiger partial charge in [0.25, 0.3) is 0 Å². The number of carbonyl (C=O) groups excluding carboxylic acids is 1. The fourth-order valence-corrected chi connectivity index (χ4v) is 2.19. The fraction of sp³-hybridized carbons (Fsp3) is 0.533. The zero-order valence-corrected chi connectivity index (χ0v) is 11.5. The third-order valence-electron chi connectivity index (χ3n) is 3.80. The molecule has 1 rings (SSSR count). The number of rotatable bonds is 5. The maximum atomic E-state index is 12.6. The molecule has 2 nitrogen and oxygen atoms in total. The molecule has 0 spiro atoms. The summed E-state index contributed by atoms with van der Waals surface area (Å²) >= 11 is 0. The summed E-state index contributed by atoms with van der Waals surface area (Å²) in [5.74, 6) is 0.103. The molecule has 0 heterocycles. The Balaban J connectivity index is 3.24. The van der Waals surface area contributed by atoms with Crippen molar-refractivity contribution >= 4 is 5.78 Å². The predicted octanol–water partition coefficient (Wildman–Crippen LogP) is 3.69. The highest BCUT2D eigenvalue weighted by atomic mass is 16.5. The summed E-state index contributed by atoms with van der Waals surface area (Å²) < 4.78 is 5.50. The van der Waals surface area contributed by atoms with E-state index in [0.717, 1.165) is 16.7 Å². The molecule has 17 heavy (non-hydrogen) atoms. The first kappa shape index (κ1) is 13.9. The summed E-state index contributed by atoms with van der Waals surface area (Å²) in [5, 5.41) is 0. The highest BCUT2D eigenvalue weighted by molar-refractivity contribution is 6.03. The van der Waals surface area contributed by atoms with Crippen LogP contribution in [0, 0.1) is 13.8 Å². The lowest BCUT2D eigenvalue weighted by Crippen LogP contribution is -2.40. The Bertz CT molecular complexity index is 395. The van der Waals surface area contributed by atoms with Crippen LogP contribution in [-0.2, 0) is 4.74 Å². The summed E-state index contributed by atoms with van der Waals surface area (Å²) in [4.78, 5) is 12.6. The molecule has 0 fully saturated rings. The Morgan fingerprint density at radius 1 is 1.24 bits per heavy atom. The molecule has 1 aromatic rings. The number of hydrogen-bond acceptors (Lipinski definition) is 2. The second kappa shape index (κ2) is 5.46. The first-order chi connectivity index (χ1) is 8.02. The molecule has 0 aliphatic heterocycles. The molecule has 0 saturated heterocycles. The maximum absolute atomic E-state index is 12.6. The van der Waals surface area contributed by atoms with E-state index in [2.05, 4.69) is 0 Å². The van der Waals surface area contributed by atoms with E-state index in [4.69, 9.17) is 4.74 Å². The van der Waals surface area contributed by atoms with Crippen molar-refractivity contribution in [1.82, 2.24) is 0 Å². The van der Waals surface area contributed by atoms with Crippen molar-refractivity contribution < 1.29 is 9.53 Å². The molecule has 0 aromatic heterocycles. The Kier molecular flexibility index (Phi) is 4.47. The third-order valence-corrected chi connectivity index (χ3v) is 3.80. The maximum Gasteiger partial charge on any atom is 0.194 e. The summed E-state index contributed by atoms with van der Waals surface area (Å²) in [5.41, 5.74) is 2.32. The molecule has 0 aliphatic rings. The number of carbonyl (C=O) groups is 1. The van der Waals surface area contributed by atoms with Gasteiger partial charge in [-0.05, 0) is 37.8 Å². The Labute approximate surface area is 104 Å². The molecule has 2 heteroatoms. The van der Waals surface area contributed by atoms with Gasteiger partial charge in [0.15, 0.2) is 5.78 Å². The number of aryl methyl sites for hydroxylation is 1. The lowest BCUT2D eigenvalue weighted by Gasteiger charge is -2.29. The smallest absolute Gasteiger partial charge is 0.194 e. The van der Waals surface area contributed by atoms with Gasteiger partial charge in [0.05, 0.1) is 0 Å². The van der Waals surface area contributed by atoms with Gasteiger partial charge in [0.2, 0.25) is 0 Å². The van der Waals surface area contributed by atoms with Gasteiger partial charge in [0.1, 0.15) is 5.60 Å². The van der Waals surface area contributed by atoms with Gasteiger partial charge in [-0.1, -0.05) is 32.0 Å². The van der Waals surface area contributed by atoms with Gasteiger partial charge < -0.3 is 4.74 Å². The van der Waals surface area contributed by atoms with Crippen molar-refractivity contribution in [3.8, 4) is 0 Å². The van der Waals surface area contributed by atoms with Crippen LogP contribution in [0.4, 0.5) is 0 Å². The molecule has 94 valence electrons. The molecule has 0 saturated carbocycles. The molecule has 0 amide bonds. The molecular formula is C15H22O2. The third kappa shape index (κ3) is 2.42. The van der Waals surface area contributed by atoms with Crippen LogP contribution >= 0.6 is 0 Å². The Hall–Kier alpha value is -1.15. The Morgan fingerprint density at radius 2 is 1.82 bits per heavy atom. The molecule has 0 aliphatic carbocycles. The molecular weight excluding hydrogens is 212 g/mol. The SMILES string of the molecule is CCC(CC)(OC)C(=O)c1cccc(C)c1C. The van der Waals surface area contributed by atoms with Gasteiger partial charge in [-0.15, -0.1) is 0 Å². The van der Waals surface area contributed by atoms with Crippen LogP contribution in [0.1, 0.15) is 48.2 Å². The standard InChI is InChI=1S/C15H22O2/c1-6-15(7-2,17-5)14(16)13-10-8-9-11(3)12(13)4/h8-10H,6-7H2,1-5H3. The van der Waals surface area contributed by atoms with Crippen molar-refractivity contribution in [2.75, 3.05) is 7.11 Å². The minimum atomic E-state index is -0.668. The van der Waals surface area contributed by atoms with E-state index in [1.165, 1.54) is 0 Å². The number of hydrogen-bond donors (Lipinski definition) is 0. The average molecular weight is 234 g/mol. The van der Waals surface area contributed by atoms with Crippen molar-refractivity contribution in [3.05, 3.63) is 34.9 Å². The number of Topliss-reactive ketones (excluding diaryl/α,β-unsaturated/α-hetero) is 1. The van der Waals surface area contributed by atoms with Gasteiger partial charge in [-0.2, -0.15) is 0 Å². The van der Waals surface area contributed by atoms with E-state index in [1.54, 1.807) is 7.11 Å². The minimum Gasteiger partial charge on any atom is -0.370 e. The van der Waals surface area contributed by atoms with Crippen LogP contribution in [0.15, 0.2) is 18.2 Å². The number of ether oxygens (including phenoxy) is 1. The van der Waals surface area contributed by atoms with Crippen molar-refractivity contribution in [2.45, 2.75) is 46.1 Å². The normalized spacial score (nSPS) is 11.6. The van der Waals surface area contributed by atoms with Crippen LogP contribution in [0.25, 0.3) is 0 Å². The van der Waals surface area contributed by atoms with Crippen molar-refractivity contribution in [2.24, 2.45) is 0 Å². The lowest BCUT2D eigenvalue weighted by atomic mass is 9.85. The average Bonchev–Trinajstić information content (AvgIpc) is 2.35. The van der Waals surface area contributed by atoms with Crippen LogP contribution in [0.2, 0.25) is 0 Å². The summed E-state index contributed by atoms with van der Waals surface area (Å²) in [6.07, 6.45) is 1.40. The summed E-state index contributed by atoms with van der Waals surface area (Å²) in [6.45, 7) is 8.01.